The van der Waals surface area contributed by atoms with Crippen LogP contribution in [0.25, 0.3) is 0 Å². The van der Waals surface area contributed by atoms with Crippen LogP contribution in [0.2, 0.25) is 5.02 Å². The Kier molecular flexibility index (Phi) is 7.42. The lowest BCUT2D eigenvalue weighted by molar-refractivity contribution is 0.132. The number of benzene rings is 1. The maximum atomic E-state index is 12.9. The number of anilines is 1. The molecule has 7 nitrogen and oxygen atoms in total. The standard InChI is InChI=1S/C20H31ClN4O3S/c1-3-25(4-2)29(27,28)17-9-10-18(21)19(14-17)22-20(26)24-13-7-8-16(15-24)23-11-5-6-12-23/h9-10,14,16H,3-8,11-13,15H2,1-2H3,(H,22,26)/t16-/m1/s1. The van der Waals surface area contributed by atoms with Crippen LogP contribution in [0.5, 0.6) is 0 Å². The third-order valence-electron chi connectivity index (χ3n) is 5.86. The summed E-state index contributed by atoms with van der Waals surface area (Å²) in [6, 6.07) is 4.64. The van der Waals surface area contributed by atoms with Gasteiger partial charge in [0.05, 0.1) is 15.6 Å². The van der Waals surface area contributed by atoms with Gasteiger partial charge in [0, 0.05) is 32.2 Å². The number of carbonyl (C=O) groups is 1. The number of halogens is 1. The molecule has 1 aromatic carbocycles. The molecule has 1 aromatic rings. The number of hydrogen-bond acceptors (Lipinski definition) is 4. The van der Waals surface area contributed by atoms with Crippen molar-refractivity contribution in [1.82, 2.24) is 14.1 Å². The van der Waals surface area contributed by atoms with Gasteiger partial charge in [-0.15, -0.1) is 0 Å². The highest BCUT2D eigenvalue weighted by atomic mass is 35.5. The number of urea groups is 1. The van der Waals surface area contributed by atoms with Crippen LogP contribution in [0.15, 0.2) is 23.1 Å². The molecule has 0 saturated carbocycles. The molecule has 0 aromatic heterocycles. The van der Waals surface area contributed by atoms with E-state index in [1.165, 1.54) is 35.3 Å². The van der Waals surface area contributed by atoms with Gasteiger partial charge in [-0.25, -0.2) is 13.2 Å². The molecule has 29 heavy (non-hydrogen) atoms. The highest BCUT2D eigenvalue weighted by Crippen LogP contribution is 2.28. The van der Waals surface area contributed by atoms with Crippen molar-refractivity contribution in [2.24, 2.45) is 0 Å². The summed E-state index contributed by atoms with van der Waals surface area (Å²) >= 11 is 6.26. The second-order valence-corrected chi connectivity index (χ2v) is 9.99. The van der Waals surface area contributed by atoms with Crippen molar-refractivity contribution in [1.29, 1.82) is 0 Å². The summed E-state index contributed by atoms with van der Waals surface area (Å²) in [6.45, 7) is 7.98. The fourth-order valence-corrected chi connectivity index (χ4v) is 5.86. The molecule has 1 atom stereocenters. The Hall–Kier alpha value is -1.35. The maximum Gasteiger partial charge on any atom is 0.321 e. The third-order valence-corrected chi connectivity index (χ3v) is 8.24. The molecule has 1 N–H and O–H groups in total. The molecule has 2 aliphatic rings. The van der Waals surface area contributed by atoms with Gasteiger partial charge in [0.2, 0.25) is 10.0 Å². The number of rotatable bonds is 6. The number of hydrogen-bond donors (Lipinski definition) is 1. The fourth-order valence-electron chi connectivity index (χ4n) is 4.21. The Morgan fingerprint density at radius 2 is 1.86 bits per heavy atom. The Morgan fingerprint density at radius 3 is 2.52 bits per heavy atom. The minimum Gasteiger partial charge on any atom is -0.323 e. The lowest BCUT2D eigenvalue weighted by Gasteiger charge is -2.37. The molecule has 2 saturated heterocycles. The summed E-state index contributed by atoms with van der Waals surface area (Å²) < 4.78 is 27.0. The van der Waals surface area contributed by atoms with Crippen LogP contribution in [0.1, 0.15) is 39.5 Å². The molecule has 2 amide bonds. The monoisotopic (exact) mass is 442 g/mol. The van der Waals surface area contributed by atoms with E-state index in [-0.39, 0.29) is 10.9 Å². The van der Waals surface area contributed by atoms with Crippen molar-refractivity contribution in [2.75, 3.05) is 44.6 Å². The maximum absolute atomic E-state index is 12.9. The Balaban J connectivity index is 1.73. The Labute approximate surface area is 179 Å². The lowest BCUT2D eigenvalue weighted by Crippen LogP contribution is -2.50. The van der Waals surface area contributed by atoms with Gasteiger partial charge in [-0.1, -0.05) is 25.4 Å². The van der Waals surface area contributed by atoms with Gasteiger partial charge < -0.3 is 10.2 Å². The molecule has 9 heteroatoms. The minimum atomic E-state index is -3.62. The van der Waals surface area contributed by atoms with E-state index < -0.39 is 10.0 Å². The second-order valence-electron chi connectivity index (χ2n) is 7.65. The average Bonchev–Trinajstić information content (AvgIpc) is 3.25. The van der Waals surface area contributed by atoms with E-state index in [9.17, 15) is 13.2 Å². The van der Waals surface area contributed by atoms with Crippen molar-refractivity contribution in [3.8, 4) is 0 Å². The van der Waals surface area contributed by atoms with Crippen LogP contribution in [-0.4, -0.2) is 73.9 Å². The zero-order valence-electron chi connectivity index (χ0n) is 17.2. The van der Waals surface area contributed by atoms with Gasteiger partial charge >= 0.3 is 6.03 Å². The zero-order valence-corrected chi connectivity index (χ0v) is 18.8. The van der Waals surface area contributed by atoms with E-state index in [1.54, 1.807) is 13.8 Å². The predicted octanol–water partition coefficient (Wildman–Crippen LogP) is 3.46. The summed E-state index contributed by atoms with van der Waals surface area (Å²) in [5.41, 5.74) is 0.327. The highest BCUT2D eigenvalue weighted by molar-refractivity contribution is 7.89. The van der Waals surface area contributed by atoms with Gasteiger partial charge in [0.1, 0.15) is 0 Å². The molecule has 162 valence electrons. The molecule has 0 radical (unpaired) electrons. The summed E-state index contributed by atoms with van der Waals surface area (Å²) in [4.78, 5) is 17.3. The van der Waals surface area contributed by atoms with Crippen LogP contribution in [0.3, 0.4) is 0 Å². The molecular formula is C20H31ClN4O3S. The summed E-state index contributed by atoms with van der Waals surface area (Å²) in [6.07, 6.45) is 4.54. The first-order chi connectivity index (χ1) is 13.9. The lowest BCUT2D eigenvalue weighted by atomic mass is 10.0. The first-order valence-corrected chi connectivity index (χ1v) is 12.3. The minimum absolute atomic E-state index is 0.134. The zero-order chi connectivity index (χ0) is 21.0. The van der Waals surface area contributed by atoms with E-state index in [0.29, 0.717) is 42.9 Å². The van der Waals surface area contributed by atoms with Crippen LogP contribution < -0.4 is 5.32 Å². The van der Waals surface area contributed by atoms with Crippen molar-refractivity contribution in [3.05, 3.63) is 23.2 Å². The van der Waals surface area contributed by atoms with Gasteiger partial charge in [0.25, 0.3) is 0 Å². The van der Waals surface area contributed by atoms with E-state index in [4.69, 9.17) is 11.6 Å². The highest BCUT2D eigenvalue weighted by Gasteiger charge is 2.30. The predicted molar refractivity (Wildman–Crippen MR) is 116 cm³/mol. The molecule has 0 aliphatic carbocycles. The molecule has 3 rings (SSSR count). The van der Waals surface area contributed by atoms with E-state index in [1.807, 2.05) is 4.90 Å². The van der Waals surface area contributed by atoms with Crippen LogP contribution in [0, 0.1) is 0 Å². The number of sulfonamides is 1. The molecule has 2 fully saturated rings. The summed E-state index contributed by atoms with van der Waals surface area (Å²) in [7, 11) is -3.62. The molecular weight excluding hydrogens is 412 g/mol. The van der Waals surface area contributed by atoms with Crippen LogP contribution in [0.4, 0.5) is 10.5 Å². The SMILES string of the molecule is CCN(CC)S(=O)(=O)c1ccc(Cl)c(NC(=O)N2CCC[C@@H](N3CCCC3)C2)c1. The largest absolute Gasteiger partial charge is 0.323 e. The van der Waals surface area contributed by atoms with Gasteiger partial charge in [0.15, 0.2) is 0 Å². The van der Waals surface area contributed by atoms with E-state index in [2.05, 4.69) is 10.2 Å². The van der Waals surface area contributed by atoms with Gasteiger partial charge in [-0.2, -0.15) is 4.31 Å². The first-order valence-electron chi connectivity index (χ1n) is 10.5. The van der Waals surface area contributed by atoms with Crippen molar-refractivity contribution in [2.45, 2.75) is 50.5 Å². The number of amides is 2. The first kappa shape index (κ1) is 22.3. The van der Waals surface area contributed by atoms with Crippen molar-refractivity contribution >= 4 is 33.3 Å². The fraction of sp³-hybridized carbons (Fsp3) is 0.650. The van der Waals surface area contributed by atoms with Crippen LogP contribution >= 0.6 is 11.6 Å². The number of nitrogens with one attached hydrogen (secondary N) is 1. The third kappa shape index (κ3) is 5.05. The number of nitrogens with zero attached hydrogens (tertiary/aromatic N) is 3. The van der Waals surface area contributed by atoms with Crippen molar-refractivity contribution < 1.29 is 13.2 Å². The second kappa shape index (κ2) is 9.64. The average molecular weight is 443 g/mol. The summed E-state index contributed by atoms with van der Waals surface area (Å²) in [5.74, 6) is 0. The van der Waals surface area contributed by atoms with Gasteiger partial charge in [-0.3, -0.25) is 4.90 Å². The number of carbonyl (C=O) groups excluding carboxylic acids is 1. The number of piperidine rings is 1. The van der Waals surface area contributed by atoms with E-state index >= 15 is 0 Å². The topological polar surface area (TPSA) is 73.0 Å². The Morgan fingerprint density at radius 1 is 1.17 bits per heavy atom. The molecule has 2 aliphatic heterocycles. The van der Waals surface area contributed by atoms with Gasteiger partial charge in [-0.05, 0) is 57.0 Å². The molecule has 0 bridgehead atoms. The number of likely N-dealkylation sites (tertiary alicyclic amines) is 2. The smallest absolute Gasteiger partial charge is 0.321 e. The molecule has 2 heterocycles. The Bertz CT molecular complexity index is 823. The molecule has 0 unspecified atom stereocenters. The molecule has 0 spiro atoms. The normalized spacial score (nSPS) is 21.0. The summed E-state index contributed by atoms with van der Waals surface area (Å²) in [5, 5.41) is 3.16. The van der Waals surface area contributed by atoms with Crippen LogP contribution in [-0.2, 0) is 10.0 Å². The van der Waals surface area contributed by atoms with E-state index in [0.717, 1.165) is 25.9 Å². The quantitative estimate of drug-likeness (QED) is 0.732. The van der Waals surface area contributed by atoms with Crippen molar-refractivity contribution in [3.63, 3.8) is 0 Å².